The van der Waals surface area contributed by atoms with Gasteiger partial charge in [0.2, 0.25) is 10.0 Å². The minimum absolute atomic E-state index is 0.0241. The number of amides is 1. The van der Waals surface area contributed by atoms with Crippen molar-refractivity contribution >= 4 is 60.3 Å². The molecule has 41 heavy (non-hydrogen) atoms. The number of ether oxygens (including phenoxy) is 2. The molecule has 11 nitrogen and oxygen atoms in total. The summed E-state index contributed by atoms with van der Waals surface area (Å²) in [6.07, 6.45) is 3.19. The summed E-state index contributed by atoms with van der Waals surface area (Å²) in [5.41, 5.74) is 0.867. The lowest BCUT2D eigenvalue weighted by Crippen LogP contribution is -2.26. The summed E-state index contributed by atoms with van der Waals surface area (Å²) in [7, 11) is -3.70. The number of hydrogen-bond acceptors (Lipinski definition) is 9. The molecule has 15 heteroatoms. The van der Waals surface area contributed by atoms with Crippen LogP contribution >= 0.6 is 22.9 Å². The molecule has 0 unspecified atom stereocenters. The predicted octanol–water partition coefficient (Wildman–Crippen LogP) is 4.69. The van der Waals surface area contributed by atoms with Crippen molar-refractivity contribution in [3.05, 3.63) is 88.5 Å². The number of methoxy groups -OCH3 is 2. The summed E-state index contributed by atoms with van der Waals surface area (Å²) in [6.45, 7) is 0.129. The molecular formula is C26H25ClN4O7S3. The largest absolute Gasteiger partial charge is 0.493 e. The van der Waals surface area contributed by atoms with Crippen molar-refractivity contribution in [3.8, 4) is 11.5 Å². The van der Waals surface area contributed by atoms with Crippen molar-refractivity contribution in [2.45, 2.75) is 15.6 Å². The molecule has 0 aliphatic rings. The number of sulfonamides is 2. The lowest BCUT2D eigenvalue weighted by molar-refractivity contribution is 0.102. The van der Waals surface area contributed by atoms with Crippen molar-refractivity contribution in [1.29, 1.82) is 0 Å². The van der Waals surface area contributed by atoms with Crippen molar-refractivity contribution in [3.63, 3.8) is 0 Å². The second-order valence-corrected chi connectivity index (χ2v) is 14.2. The Morgan fingerprint density at radius 1 is 1.00 bits per heavy atom. The molecule has 0 aliphatic carbocycles. The summed E-state index contributed by atoms with van der Waals surface area (Å²) < 4.78 is 66.4. The maximum atomic E-state index is 13.3. The van der Waals surface area contributed by atoms with E-state index < -0.39 is 26.0 Å². The van der Waals surface area contributed by atoms with Crippen LogP contribution < -0.4 is 19.5 Å². The number of nitrogens with zero attached hydrogens (tertiary/aromatic N) is 2. The number of hydrogen-bond donors (Lipinski definition) is 2. The molecule has 2 heterocycles. The van der Waals surface area contributed by atoms with Gasteiger partial charge in [0, 0.05) is 37.7 Å². The summed E-state index contributed by atoms with van der Waals surface area (Å²) in [5, 5.41) is 2.66. The van der Waals surface area contributed by atoms with Gasteiger partial charge in [-0.15, -0.1) is 11.3 Å². The van der Waals surface area contributed by atoms with E-state index in [9.17, 15) is 21.6 Å². The van der Waals surface area contributed by atoms with Crippen LogP contribution in [0, 0.1) is 0 Å². The summed E-state index contributed by atoms with van der Waals surface area (Å²) in [6, 6.07) is 14.5. The molecule has 216 valence electrons. The van der Waals surface area contributed by atoms with Crippen LogP contribution in [-0.2, 0) is 26.6 Å². The zero-order valence-electron chi connectivity index (χ0n) is 22.0. The average Bonchev–Trinajstić information content (AvgIpc) is 3.40. The highest BCUT2D eigenvalue weighted by Crippen LogP contribution is 2.36. The molecule has 4 rings (SSSR count). The Balaban J connectivity index is 1.58. The third-order valence-electron chi connectivity index (χ3n) is 5.77. The number of rotatable bonds is 11. The van der Waals surface area contributed by atoms with Gasteiger partial charge >= 0.3 is 0 Å². The zero-order valence-corrected chi connectivity index (χ0v) is 25.2. The fourth-order valence-electron chi connectivity index (χ4n) is 3.71. The second-order valence-electron chi connectivity index (χ2n) is 8.52. The predicted molar refractivity (Wildman–Crippen MR) is 157 cm³/mol. The monoisotopic (exact) mass is 636 g/mol. The Kier molecular flexibility index (Phi) is 9.19. The van der Waals surface area contributed by atoms with E-state index in [-0.39, 0.29) is 48.4 Å². The van der Waals surface area contributed by atoms with Gasteiger partial charge in [-0.05, 0) is 54.1 Å². The van der Waals surface area contributed by atoms with Gasteiger partial charge in [0.15, 0.2) is 11.5 Å². The summed E-state index contributed by atoms with van der Waals surface area (Å²) in [4.78, 5) is 17.4. The number of benzene rings is 2. The lowest BCUT2D eigenvalue weighted by Gasteiger charge is -2.18. The number of nitrogens with one attached hydrogen (secondary N) is 2. The van der Waals surface area contributed by atoms with E-state index >= 15 is 0 Å². The van der Waals surface area contributed by atoms with Crippen molar-refractivity contribution in [2.24, 2.45) is 0 Å². The van der Waals surface area contributed by atoms with E-state index in [1.165, 1.54) is 74.1 Å². The maximum absolute atomic E-state index is 13.3. The molecule has 0 saturated carbocycles. The SMILES string of the molecule is COc1cc(NS(=O)(=O)c2ccc(Cl)s2)c(C(=O)Nc2ccc(S(=O)(=O)N(C)Cc3cccnc3)cc2)cc1OC. The van der Waals surface area contributed by atoms with Crippen molar-refractivity contribution < 1.29 is 31.1 Å². The smallest absolute Gasteiger partial charge is 0.271 e. The number of aromatic nitrogens is 1. The molecule has 2 aromatic heterocycles. The molecule has 0 saturated heterocycles. The van der Waals surface area contributed by atoms with Gasteiger partial charge < -0.3 is 14.8 Å². The fourth-order valence-corrected chi connectivity index (χ4v) is 7.42. The first-order valence-corrected chi connectivity index (χ1v) is 15.9. The van der Waals surface area contributed by atoms with Crippen molar-refractivity contribution in [2.75, 3.05) is 31.3 Å². The normalized spacial score (nSPS) is 11.7. The number of thiophene rings is 1. The molecule has 1 amide bonds. The first kappa shape index (κ1) is 30.3. The third kappa shape index (κ3) is 6.97. The Morgan fingerprint density at radius 2 is 1.68 bits per heavy atom. The maximum Gasteiger partial charge on any atom is 0.271 e. The Bertz CT molecular complexity index is 1760. The number of carbonyl (C=O) groups excluding carboxylic acids is 1. The van der Waals surface area contributed by atoms with Gasteiger partial charge in [0.25, 0.3) is 15.9 Å². The van der Waals surface area contributed by atoms with Crippen LogP contribution in [0.15, 0.2) is 82.2 Å². The lowest BCUT2D eigenvalue weighted by atomic mass is 10.1. The summed E-state index contributed by atoms with van der Waals surface area (Å²) >= 11 is 6.76. The van der Waals surface area contributed by atoms with Gasteiger partial charge in [0.05, 0.1) is 34.7 Å². The van der Waals surface area contributed by atoms with Gasteiger partial charge in [-0.3, -0.25) is 14.5 Å². The minimum atomic E-state index is -4.09. The topological polar surface area (TPSA) is 144 Å². The molecule has 0 spiro atoms. The van der Waals surface area contributed by atoms with E-state index in [1.807, 2.05) is 0 Å². The highest BCUT2D eigenvalue weighted by molar-refractivity contribution is 7.94. The number of carbonyl (C=O) groups is 1. The van der Waals surface area contributed by atoms with Crippen LogP contribution in [0.2, 0.25) is 4.34 Å². The van der Waals surface area contributed by atoms with Gasteiger partial charge in [-0.25, -0.2) is 16.8 Å². The van der Waals surface area contributed by atoms with Gasteiger partial charge in [-0.1, -0.05) is 17.7 Å². The highest BCUT2D eigenvalue weighted by atomic mass is 35.5. The van der Waals surface area contributed by atoms with E-state index in [2.05, 4.69) is 15.0 Å². The van der Waals surface area contributed by atoms with Crippen molar-refractivity contribution in [1.82, 2.24) is 9.29 Å². The molecule has 2 aromatic carbocycles. The Morgan fingerprint density at radius 3 is 2.27 bits per heavy atom. The molecule has 4 aromatic rings. The average molecular weight is 637 g/mol. The highest BCUT2D eigenvalue weighted by Gasteiger charge is 2.24. The minimum Gasteiger partial charge on any atom is -0.493 e. The molecule has 0 radical (unpaired) electrons. The Labute approximate surface area is 246 Å². The van der Waals surface area contributed by atoms with E-state index in [4.69, 9.17) is 21.1 Å². The van der Waals surface area contributed by atoms with Gasteiger partial charge in [0.1, 0.15) is 4.21 Å². The molecular weight excluding hydrogens is 612 g/mol. The van der Waals surface area contributed by atoms with Crippen LogP contribution in [-0.4, -0.2) is 53.3 Å². The first-order chi connectivity index (χ1) is 19.4. The number of halogens is 1. The number of anilines is 2. The second kappa shape index (κ2) is 12.4. The Hall–Kier alpha value is -3.69. The molecule has 0 fully saturated rings. The summed E-state index contributed by atoms with van der Waals surface area (Å²) in [5.74, 6) is -0.300. The molecule has 0 aliphatic heterocycles. The van der Waals surface area contributed by atoms with E-state index in [0.29, 0.717) is 0 Å². The van der Waals surface area contributed by atoms with Crippen LogP contribution in [0.1, 0.15) is 15.9 Å². The molecule has 0 bridgehead atoms. The zero-order chi connectivity index (χ0) is 29.8. The molecule has 0 atom stereocenters. The van der Waals surface area contributed by atoms with Crippen LogP contribution in [0.25, 0.3) is 0 Å². The van der Waals surface area contributed by atoms with Crippen LogP contribution in [0.4, 0.5) is 11.4 Å². The third-order valence-corrected chi connectivity index (χ3v) is 10.7. The van der Waals surface area contributed by atoms with Crippen LogP contribution in [0.5, 0.6) is 11.5 Å². The quantitative estimate of drug-likeness (QED) is 0.241. The number of pyridine rings is 1. The van der Waals surface area contributed by atoms with Crippen LogP contribution in [0.3, 0.4) is 0 Å². The van der Waals surface area contributed by atoms with Gasteiger partial charge in [-0.2, -0.15) is 4.31 Å². The first-order valence-electron chi connectivity index (χ1n) is 11.8. The van der Waals surface area contributed by atoms with E-state index in [0.717, 1.165) is 16.9 Å². The molecule has 2 N–H and O–H groups in total. The van der Waals surface area contributed by atoms with E-state index in [1.54, 1.807) is 24.5 Å². The fraction of sp³-hybridized carbons (Fsp3) is 0.154. The standard InChI is InChI=1S/C26H25ClN4O7S3/c1-31(16-17-5-4-12-28-15-17)41(35,36)19-8-6-18(7-9-19)29-26(32)20-13-22(37-2)23(38-3)14-21(20)30-40(33,34)25-11-10-24(27)39-25/h4-15,30H,16H2,1-3H3,(H,29,32).